The largest absolute Gasteiger partial charge is 0.491 e. The van der Waals surface area contributed by atoms with E-state index in [2.05, 4.69) is 22.5 Å². The van der Waals surface area contributed by atoms with E-state index >= 15 is 0 Å². The van der Waals surface area contributed by atoms with Crippen molar-refractivity contribution < 1.29 is 9.53 Å². The molecule has 2 amide bonds. The Bertz CT molecular complexity index is 613. The van der Waals surface area contributed by atoms with Crippen LogP contribution in [0.3, 0.4) is 0 Å². The summed E-state index contributed by atoms with van der Waals surface area (Å²) in [4.78, 5) is 17.2. The van der Waals surface area contributed by atoms with Crippen LogP contribution in [0.1, 0.15) is 29.7 Å². The first-order chi connectivity index (χ1) is 10.7. The SMILES string of the molecule is CCCCOc1ccccc1NC(=O)NCc1cnc(C)s1. The topological polar surface area (TPSA) is 63.2 Å². The van der Waals surface area contributed by atoms with E-state index in [1.165, 1.54) is 0 Å². The summed E-state index contributed by atoms with van der Waals surface area (Å²) in [5, 5.41) is 6.64. The highest BCUT2D eigenvalue weighted by Gasteiger charge is 2.07. The third-order valence-electron chi connectivity index (χ3n) is 2.98. The average Bonchev–Trinajstić information content (AvgIpc) is 2.93. The molecule has 0 saturated carbocycles. The van der Waals surface area contributed by atoms with Gasteiger partial charge in [-0.3, -0.25) is 0 Å². The molecule has 0 aliphatic heterocycles. The predicted molar refractivity (Wildman–Crippen MR) is 89.6 cm³/mol. The number of para-hydroxylation sites is 2. The highest BCUT2D eigenvalue weighted by Crippen LogP contribution is 2.23. The van der Waals surface area contributed by atoms with Gasteiger partial charge in [0, 0.05) is 11.1 Å². The number of nitrogens with one attached hydrogen (secondary N) is 2. The molecule has 0 radical (unpaired) electrons. The normalized spacial score (nSPS) is 10.3. The van der Waals surface area contributed by atoms with Crippen molar-refractivity contribution in [3.8, 4) is 5.75 Å². The zero-order valence-corrected chi connectivity index (χ0v) is 13.7. The Morgan fingerprint density at radius 3 is 2.91 bits per heavy atom. The Morgan fingerprint density at radius 1 is 1.36 bits per heavy atom. The first-order valence-corrected chi connectivity index (χ1v) is 8.18. The molecule has 0 fully saturated rings. The molecule has 0 unspecified atom stereocenters. The van der Waals surface area contributed by atoms with Crippen LogP contribution in [0.15, 0.2) is 30.5 Å². The Balaban J connectivity index is 1.87. The molecule has 6 heteroatoms. The number of benzene rings is 1. The van der Waals surface area contributed by atoms with Crippen molar-refractivity contribution in [3.05, 3.63) is 40.3 Å². The maximum Gasteiger partial charge on any atom is 0.319 e. The predicted octanol–water partition coefficient (Wildman–Crippen LogP) is 3.95. The minimum atomic E-state index is -0.252. The van der Waals surface area contributed by atoms with Gasteiger partial charge in [-0.05, 0) is 25.5 Å². The van der Waals surface area contributed by atoms with E-state index < -0.39 is 0 Å². The summed E-state index contributed by atoms with van der Waals surface area (Å²) in [6, 6.07) is 7.20. The molecule has 5 nitrogen and oxygen atoms in total. The number of thiazole rings is 1. The number of rotatable bonds is 7. The Morgan fingerprint density at radius 2 is 2.18 bits per heavy atom. The summed E-state index contributed by atoms with van der Waals surface area (Å²) in [6.07, 6.45) is 3.84. The Kier molecular flexibility index (Phi) is 6.21. The lowest BCUT2D eigenvalue weighted by Crippen LogP contribution is -2.28. The van der Waals surface area contributed by atoms with E-state index in [4.69, 9.17) is 4.74 Å². The number of amides is 2. The van der Waals surface area contributed by atoms with Crippen LogP contribution in [0.25, 0.3) is 0 Å². The van der Waals surface area contributed by atoms with Crippen LogP contribution in [0.4, 0.5) is 10.5 Å². The van der Waals surface area contributed by atoms with Crippen molar-refractivity contribution in [3.63, 3.8) is 0 Å². The fraction of sp³-hybridized carbons (Fsp3) is 0.375. The lowest BCUT2D eigenvalue weighted by atomic mass is 10.3. The smallest absolute Gasteiger partial charge is 0.319 e. The average molecular weight is 319 g/mol. The number of nitrogens with zero attached hydrogens (tertiary/aromatic N) is 1. The van der Waals surface area contributed by atoms with Crippen LogP contribution < -0.4 is 15.4 Å². The molecule has 1 aromatic heterocycles. The van der Waals surface area contributed by atoms with Gasteiger partial charge in [-0.25, -0.2) is 9.78 Å². The number of carbonyl (C=O) groups is 1. The third kappa shape index (κ3) is 5.04. The Labute approximate surface area is 134 Å². The van der Waals surface area contributed by atoms with E-state index in [9.17, 15) is 4.79 Å². The molecule has 2 aromatic rings. The first-order valence-electron chi connectivity index (χ1n) is 7.37. The Hall–Kier alpha value is -2.08. The number of anilines is 1. The van der Waals surface area contributed by atoms with Crippen LogP contribution in [-0.2, 0) is 6.54 Å². The molecule has 0 atom stereocenters. The van der Waals surface area contributed by atoms with Crippen LogP contribution in [0, 0.1) is 6.92 Å². The van der Waals surface area contributed by atoms with E-state index in [1.54, 1.807) is 17.5 Å². The van der Waals surface area contributed by atoms with Crippen molar-refractivity contribution in [1.82, 2.24) is 10.3 Å². The van der Waals surface area contributed by atoms with Crippen molar-refractivity contribution >= 4 is 23.1 Å². The summed E-state index contributed by atoms with van der Waals surface area (Å²) in [5.41, 5.74) is 0.677. The molecular weight excluding hydrogens is 298 g/mol. The summed E-state index contributed by atoms with van der Waals surface area (Å²) >= 11 is 1.57. The quantitative estimate of drug-likeness (QED) is 0.760. The number of carbonyl (C=O) groups excluding carboxylic acids is 1. The molecule has 0 spiro atoms. The van der Waals surface area contributed by atoms with Crippen LogP contribution in [0.5, 0.6) is 5.75 Å². The summed E-state index contributed by atoms with van der Waals surface area (Å²) in [5.74, 6) is 0.694. The van der Waals surface area contributed by atoms with Crippen molar-refractivity contribution in [2.45, 2.75) is 33.2 Å². The third-order valence-corrected chi connectivity index (χ3v) is 3.90. The van der Waals surface area contributed by atoms with Gasteiger partial charge in [0.25, 0.3) is 0 Å². The molecule has 118 valence electrons. The van der Waals surface area contributed by atoms with Gasteiger partial charge in [0.1, 0.15) is 5.75 Å². The number of hydrogen-bond acceptors (Lipinski definition) is 4. The number of ether oxygens (including phenoxy) is 1. The highest BCUT2D eigenvalue weighted by atomic mass is 32.1. The molecule has 0 saturated heterocycles. The number of aromatic nitrogens is 1. The summed E-state index contributed by atoms with van der Waals surface area (Å²) in [6.45, 7) is 5.17. The lowest BCUT2D eigenvalue weighted by Gasteiger charge is -2.12. The van der Waals surface area contributed by atoms with E-state index in [1.807, 2.05) is 31.2 Å². The van der Waals surface area contributed by atoms with Gasteiger partial charge in [-0.2, -0.15) is 0 Å². The molecule has 0 aliphatic rings. The molecular formula is C16H21N3O2S. The molecule has 1 aromatic carbocycles. The van der Waals surface area contributed by atoms with Crippen LogP contribution in [-0.4, -0.2) is 17.6 Å². The van der Waals surface area contributed by atoms with Gasteiger partial charge in [0.2, 0.25) is 0 Å². The minimum absolute atomic E-state index is 0.252. The van der Waals surface area contributed by atoms with E-state index in [-0.39, 0.29) is 6.03 Å². The van der Waals surface area contributed by atoms with Crippen molar-refractivity contribution in [1.29, 1.82) is 0 Å². The van der Waals surface area contributed by atoms with Gasteiger partial charge < -0.3 is 15.4 Å². The highest BCUT2D eigenvalue weighted by molar-refractivity contribution is 7.11. The fourth-order valence-electron chi connectivity index (χ4n) is 1.84. The number of hydrogen-bond donors (Lipinski definition) is 2. The summed E-state index contributed by atoms with van der Waals surface area (Å²) < 4.78 is 5.69. The number of aryl methyl sites for hydroxylation is 1. The fourth-order valence-corrected chi connectivity index (χ4v) is 2.58. The lowest BCUT2D eigenvalue weighted by molar-refractivity contribution is 0.251. The van der Waals surface area contributed by atoms with Gasteiger partial charge in [-0.15, -0.1) is 11.3 Å². The zero-order chi connectivity index (χ0) is 15.8. The van der Waals surface area contributed by atoms with Gasteiger partial charge in [-0.1, -0.05) is 25.5 Å². The second-order valence-corrected chi connectivity index (χ2v) is 6.17. The second-order valence-electron chi connectivity index (χ2n) is 4.85. The second kappa shape index (κ2) is 8.38. The van der Waals surface area contributed by atoms with Gasteiger partial charge in [0.05, 0.1) is 23.8 Å². The minimum Gasteiger partial charge on any atom is -0.491 e. The maximum atomic E-state index is 12.0. The van der Waals surface area contributed by atoms with Crippen molar-refractivity contribution in [2.75, 3.05) is 11.9 Å². The van der Waals surface area contributed by atoms with E-state index in [0.717, 1.165) is 22.7 Å². The molecule has 1 heterocycles. The first kappa shape index (κ1) is 16.3. The zero-order valence-electron chi connectivity index (χ0n) is 12.9. The van der Waals surface area contributed by atoms with Crippen LogP contribution in [0.2, 0.25) is 0 Å². The molecule has 2 N–H and O–H groups in total. The van der Waals surface area contributed by atoms with Crippen LogP contribution >= 0.6 is 11.3 Å². The van der Waals surface area contributed by atoms with Gasteiger partial charge in [0.15, 0.2) is 0 Å². The van der Waals surface area contributed by atoms with E-state index in [0.29, 0.717) is 24.6 Å². The number of unbranched alkanes of at least 4 members (excludes halogenated alkanes) is 1. The molecule has 0 bridgehead atoms. The summed E-state index contributed by atoms with van der Waals surface area (Å²) in [7, 11) is 0. The molecule has 0 aliphatic carbocycles. The monoisotopic (exact) mass is 319 g/mol. The molecule has 2 rings (SSSR count). The maximum absolute atomic E-state index is 12.0. The van der Waals surface area contributed by atoms with Crippen molar-refractivity contribution in [2.24, 2.45) is 0 Å². The number of urea groups is 1. The molecule has 22 heavy (non-hydrogen) atoms. The standard InChI is InChI=1S/C16H21N3O2S/c1-3-4-9-21-15-8-6-5-7-14(15)19-16(20)18-11-13-10-17-12(2)22-13/h5-8,10H,3-4,9,11H2,1-2H3,(H2,18,19,20). The van der Waals surface area contributed by atoms with Gasteiger partial charge >= 0.3 is 6.03 Å².